The maximum Gasteiger partial charge on any atom is 0.254 e. The van der Waals surface area contributed by atoms with Crippen LogP contribution in [0.15, 0.2) is 42.5 Å². The van der Waals surface area contributed by atoms with E-state index < -0.39 is 0 Å². The Hall–Kier alpha value is -1.79. The van der Waals surface area contributed by atoms with Gasteiger partial charge in [0.2, 0.25) is 0 Å². The van der Waals surface area contributed by atoms with E-state index in [4.69, 9.17) is 9.47 Å². The average molecular weight is 416 g/mol. The highest BCUT2D eigenvalue weighted by Crippen LogP contribution is 2.45. The maximum absolute atomic E-state index is 13.2. The zero-order valence-corrected chi connectivity index (χ0v) is 17.9. The maximum atomic E-state index is 13.2. The van der Waals surface area contributed by atoms with E-state index in [1.807, 2.05) is 58.8 Å². The summed E-state index contributed by atoms with van der Waals surface area (Å²) in [5.41, 5.74) is 3.17. The van der Waals surface area contributed by atoms with Gasteiger partial charge in [-0.15, -0.1) is 23.5 Å². The van der Waals surface area contributed by atoms with E-state index >= 15 is 0 Å². The summed E-state index contributed by atoms with van der Waals surface area (Å²) >= 11 is 3.97. The van der Waals surface area contributed by atoms with Crippen molar-refractivity contribution in [3.63, 3.8) is 0 Å². The van der Waals surface area contributed by atoms with E-state index in [-0.39, 0.29) is 11.9 Å². The van der Waals surface area contributed by atoms with Gasteiger partial charge in [0.25, 0.3) is 5.91 Å². The summed E-state index contributed by atoms with van der Waals surface area (Å²) in [6.45, 7) is 0.786. The highest BCUT2D eigenvalue weighted by atomic mass is 32.2. The molecule has 2 aliphatic rings. The highest BCUT2D eigenvalue weighted by Gasteiger charge is 2.31. The molecule has 6 heteroatoms. The molecule has 0 bridgehead atoms. The first-order valence-corrected chi connectivity index (χ1v) is 11.7. The average Bonchev–Trinajstić information content (AvgIpc) is 3.45. The van der Waals surface area contributed by atoms with Gasteiger partial charge in [-0.25, -0.2) is 0 Å². The summed E-state index contributed by atoms with van der Waals surface area (Å²) in [4.78, 5) is 15.2. The van der Waals surface area contributed by atoms with E-state index in [1.54, 1.807) is 14.2 Å². The number of methoxy groups -OCH3 is 2. The number of ether oxygens (including phenoxy) is 2. The molecule has 2 aromatic carbocycles. The molecule has 2 aliphatic heterocycles. The largest absolute Gasteiger partial charge is 0.493 e. The van der Waals surface area contributed by atoms with Crippen molar-refractivity contribution in [1.82, 2.24) is 4.90 Å². The molecule has 148 valence electrons. The van der Waals surface area contributed by atoms with Crippen LogP contribution in [0.3, 0.4) is 0 Å². The number of likely N-dealkylation sites (tertiary alicyclic amines) is 1. The Kier molecular flexibility index (Phi) is 6.07. The van der Waals surface area contributed by atoms with Gasteiger partial charge in [0.15, 0.2) is 11.5 Å². The lowest BCUT2D eigenvalue weighted by Crippen LogP contribution is -2.30. The Balaban J connectivity index is 1.53. The summed E-state index contributed by atoms with van der Waals surface area (Å²) in [6.07, 6.45) is 1.98. The van der Waals surface area contributed by atoms with Gasteiger partial charge in [0.05, 0.1) is 24.8 Å². The smallest absolute Gasteiger partial charge is 0.254 e. The summed E-state index contributed by atoms with van der Waals surface area (Å²) in [7, 11) is 3.27. The van der Waals surface area contributed by atoms with Crippen molar-refractivity contribution in [2.24, 2.45) is 0 Å². The molecular weight excluding hydrogens is 390 g/mol. The third kappa shape index (κ3) is 3.85. The molecule has 0 unspecified atom stereocenters. The van der Waals surface area contributed by atoms with Gasteiger partial charge in [-0.1, -0.05) is 18.2 Å². The first-order chi connectivity index (χ1) is 13.7. The number of amides is 1. The van der Waals surface area contributed by atoms with Crippen LogP contribution in [0.4, 0.5) is 0 Å². The third-order valence-corrected chi connectivity index (χ3v) is 8.46. The van der Waals surface area contributed by atoms with Crippen LogP contribution in [0.25, 0.3) is 0 Å². The molecule has 4 nitrogen and oxygen atoms in total. The highest BCUT2D eigenvalue weighted by molar-refractivity contribution is 8.19. The molecule has 0 spiro atoms. The third-order valence-electron chi connectivity index (χ3n) is 5.36. The predicted molar refractivity (Wildman–Crippen MR) is 117 cm³/mol. The lowest BCUT2D eigenvalue weighted by Gasteiger charge is -2.26. The number of hydrogen-bond donors (Lipinski definition) is 0. The molecule has 0 saturated carbocycles. The van der Waals surface area contributed by atoms with E-state index in [2.05, 4.69) is 12.1 Å². The second-order valence-electron chi connectivity index (χ2n) is 6.97. The van der Waals surface area contributed by atoms with E-state index in [0.29, 0.717) is 16.1 Å². The molecule has 0 aliphatic carbocycles. The fraction of sp³-hybridized carbons (Fsp3) is 0.409. The Morgan fingerprint density at radius 2 is 1.64 bits per heavy atom. The molecule has 2 heterocycles. The van der Waals surface area contributed by atoms with Crippen LogP contribution in [0, 0.1) is 0 Å². The molecule has 28 heavy (non-hydrogen) atoms. The fourth-order valence-corrected chi connectivity index (χ4v) is 6.78. The first kappa shape index (κ1) is 19.5. The Morgan fingerprint density at radius 3 is 2.32 bits per heavy atom. The molecule has 2 saturated heterocycles. The monoisotopic (exact) mass is 415 g/mol. The molecule has 0 N–H and O–H groups in total. The Bertz CT molecular complexity index is 834. The van der Waals surface area contributed by atoms with Gasteiger partial charge in [-0.3, -0.25) is 4.79 Å². The minimum Gasteiger partial charge on any atom is -0.493 e. The number of hydrogen-bond acceptors (Lipinski definition) is 5. The van der Waals surface area contributed by atoms with Crippen LogP contribution in [-0.2, 0) is 0 Å². The second kappa shape index (κ2) is 8.70. The van der Waals surface area contributed by atoms with Crippen molar-refractivity contribution in [3.8, 4) is 11.5 Å². The van der Waals surface area contributed by atoms with Crippen molar-refractivity contribution in [2.75, 3.05) is 32.3 Å². The quantitative estimate of drug-likeness (QED) is 0.674. The van der Waals surface area contributed by atoms with Gasteiger partial charge in [0, 0.05) is 23.6 Å². The van der Waals surface area contributed by atoms with Crippen molar-refractivity contribution in [1.29, 1.82) is 0 Å². The van der Waals surface area contributed by atoms with Crippen LogP contribution in [0.5, 0.6) is 11.5 Å². The zero-order valence-electron chi connectivity index (χ0n) is 16.2. The van der Waals surface area contributed by atoms with Crippen molar-refractivity contribution in [2.45, 2.75) is 23.5 Å². The van der Waals surface area contributed by atoms with Crippen molar-refractivity contribution in [3.05, 3.63) is 59.2 Å². The fourth-order valence-electron chi connectivity index (χ4n) is 3.92. The summed E-state index contributed by atoms with van der Waals surface area (Å²) in [6, 6.07) is 14.2. The lowest BCUT2D eigenvalue weighted by molar-refractivity contribution is 0.0735. The number of benzene rings is 2. The van der Waals surface area contributed by atoms with E-state index in [9.17, 15) is 4.79 Å². The van der Waals surface area contributed by atoms with Crippen LogP contribution >= 0.6 is 23.5 Å². The molecular formula is C22H25NO3S2. The molecule has 1 atom stereocenters. The van der Waals surface area contributed by atoms with Gasteiger partial charge in [-0.2, -0.15) is 0 Å². The second-order valence-corrected chi connectivity index (χ2v) is 9.69. The molecule has 2 aromatic rings. The summed E-state index contributed by atoms with van der Waals surface area (Å²) in [5, 5.41) is 0. The standard InChI is InChI=1S/C22H25NO3S2/c1-25-19-10-9-17(14-20(19)26-2)18-4-3-11-23(18)21(24)15-5-7-16(8-6-15)22-27-12-13-28-22/h5-10,14,18,22H,3-4,11-13H2,1-2H3/t18-/m0/s1. The predicted octanol–water partition coefficient (Wildman–Crippen LogP) is 5.16. The van der Waals surface area contributed by atoms with E-state index in [1.165, 1.54) is 17.1 Å². The minimum atomic E-state index is 0.0768. The van der Waals surface area contributed by atoms with Crippen LogP contribution < -0.4 is 9.47 Å². The summed E-state index contributed by atoms with van der Waals surface area (Å²) < 4.78 is 11.3. The number of rotatable bonds is 5. The van der Waals surface area contributed by atoms with Crippen molar-refractivity contribution >= 4 is 29.4 Å². The number of carbonyl (C=O) groups is 1. The SMILES string of the molecule is COc1ccc([C@@H]2CCCN2C(=O)c2ccc(C3SCCS3)cc2)cc1OC. The Morgan fingerprint density at radius 1 is 0.964 bits per heavy atom. The molecule has 0 aromatic heterocycles. The van der Waals surface area contributed by atoms with Crippen LogP contribution in [0.2, 0.25) is 0 Å². The molecule has 0 radical (unpaired) electrons. The van der Waals surface area contributed by atoms with Gasteiger partial charge < -0.3 is 14.4 Å². The number of carbonyl (C=O) groups excluding carboxylic acids is 1. The number of nitrogens with zero attached hydrogens (tertiary/aromatic N) is 1. The normalized spacial score (nSPS) is 19.8. The van der Waals surface area contributed by atoms with Gasteiger partial charge >= 0.3 is 0 Å². The van der Waals surface area contributed by atoms with E-state index in [0.717, 1.165) is 30.5 Å². The number of thioether (sulfide) groups is 2. The minimum absolute atomic E-state index is 0.0768. The molecule has 4 rings (SSSR count). The zero-order chi connectivity index (χ0) is 19.5. The van der Waals surface area contributed by atoms with Crippen molar-refractivity contribution < 1.29 is 14.3 Å². The van der Waals surface area contributed by atoms with Crippen LogP contribution in [-0.4, -0.2) is 43.1 Å². The summed E-state index contributed by atoms with van der Waals surface area (Å²) in [5.74, 6) is 3.93. The lowest BCUT2D eigenvalue weighted by atomic mass is 10.0. The van der Waals surface area contributed by atoms with Crippen LogP contribution in [0.1, 0.15) is 45.0 Å². The van der Waals surface area contributed by atoms with Gasteiger partial charge in [0.1, 0.15) is 0 Å². The molecule has 1 amide bonds. The molecule has 2 fully saturated rings. The van der Waals surface area contributed by atoms with Gasteiger partial charge in [-0.05, 0) is 48.2 Å². The first-order valence-electron chi connectivity index (χ1n) is 9.57. The topological polar surface area (TPSA) is 38.8 Å². The Labute approximate surface area is 175 Å².